The highest BCUT2D eigenvalue weighted by molar-refractivity contribution is 6.25. The van der Waals surface area contributed by atoms with Crippen LogP contribution >= 0.6 is 0 Å². The SMILES string of the molecule is CC(C)C1CCC(C(=O)C=O)CC1. The fourth-order valence-corrected chi connectivity index (χ4v) is 2.17. The van der Waals surface area contributed by atoms with Crippen LogP contribution in [0.25, 0.3) is 0 Å². The summed E-state index contributed by atoms with van der Waals surface area (Å²) in [6, 6.07) is 0. The van der Waals surface area contributed by atoms with Crippen molar-refractivity contribution in [2.75, 3.05) is 0 Å². The lowest BCUT2D eigenvalue weighted by Gasteiger charge is -2.29. The summed E-state index contributed by atoms with van der Waals surface area (Å²) in [5, 5.41) is 0. The van der Waals surface area contributed by atoms with Gasteiger partial charge in [-0.25, -0.2) is 0 Å². The molecule has 0 atom stereocenters. The Balaban J connectivity index is 2.38. The number of aldehydes is 1. The Hall–Kier alpha value is -0.660. The molecule has 0 saturated heterocycles. The average molecular weight is 182 g/mol. The zero-order chi connectivity index (χ0) is 9.84. The van der Waals surface area contributed by atoms with Crippen LogP contribution in [-0.4, -0.2) is 12.1 Å². The summed E-state index contributed by atoms with van der Waals surface area (Å²) >= 11 is 0. The second kappa shape index (κ2) is 4.54. The maximum absolute atomic E-state index is 11.1. The summed E-state index contributed by atoms with van der Waals surface area (Å²) in [5.74, 6) is 1.32. The zero-order valence-corrected chi connectivity index (χ0v) is 8.45. The third kappa shape index (κ3) is 2.64. The largest absolute Gasteiger partial charge is 0.295 e. The number of carbonyl (C=O) groups excluding carboxylic acids is 2. The lowest BCUT2D eigenvalue weighted by Crippen LogP contribution is -2.24. The van der Waals surface area contributed by atoms with E-state index in [-0.39, 0.29) is 11.7 Å². The molecule has 1 aliphatic rings. The van der Waals surface area contributed by atoms with E-state index in [1.54, 1.807) is 0 Å². The molecular formula is C11H18O2. The van der Waals surface area contributed by atoms with Crippen molar-refractivity contribution in [2.45, 2.75) is 39.5 Å². The van der Waals surface area contributed by atoms with Gasteiger partial charge in [0.25, 0.3) is 0 Å². The van der Waals surface area contributed by atoms with E-state index in [4.69, 9.17) is 0 Å². The van der Waals surface area contributed by atoms with E-state index in [9.17, 15) is 9.59 Å². The second-order valence-electron chi connectivity index (χ2n) is 4.38. The number of rotatable bonds is 3. The minimum atomic E-state index is -0.192. The van der Waals surface area contributed by atoms with Crippen LogP contribution in [-0.2, 0) is 9.59 Å². The summed E-state index contributed by atoms with van der Waals surface area (Å²) in [7, 11) is 0. The maximum Gasteiger partial charge on any atom is 0.198 e. The van der Waals surface area contributed by atoms with Crippen LogP contribution in [0.15, 0.2) is 0 Å². The van der Waals surface area contributed by atoms with Crippen molar-refractivity contribution in [1.82, 2.24) is 0 Å². The molecule has 0 aromatic rings. The van der Waals surface area contributed by atoms with Gasteiger partial charge in [-0.3, -0.25) is 9.59 Å². The Bertz CT molecular complexity index is 188. The molecule has 0 N–H and O–H groups in total. The minimum Gasteiger partial charge on any atom is -0.295 e. The molecule has 0 amide bonds. The number of ketones is 1. The second-order valence-corrected chi connectivity index (χ2v) is 4.38. The molecule has 13 heavy (non-hydrogen) atoms. The fraction of sp³-hybridized carbons (Fsp3) is 0.818. The van der Waals surface area contributed by atoms with Crippen LogP contribution in [0.3, 0.4) is 0 Å². The Kier molecular flexibility index (Phi) is 3.64. The predicted octanol–water partition coefficient (Wildman–Crippen LogP) is 2.22. The molecule has 0 aromatic carbocycles. The van der Waals surface area contributed by atoms with Gasteiger partial charge in [-0.05, 0) is 37.5 Å². The molecular weight excluding hydrogens is 164 g/mol. The van der Waals surface area contributed by atoms with Crippen molar-refractivity contribution >= 4 is 12.1 Å². The number of Topliss-reactive ketones (excluding diaryl/α,β-unsaturated/α-hetero) is 1. The summed E-state index contributed by atoms with van der Waals surface area (Å²) in [6.45, 7) is 4.46. The van der Waals surface area contributed by atoms with E-state index in [2.05, 4.69) is 13.8 Å². The van der Waals surface area contributed by atoms with Gasteiger partial charge >= 0.3 is 0 Å². The molecule has 1 saturated carbocycles. The average Bonchev–Trinajstić information content (AvgIpc) is 2.17. The van der Waals surface area contributed by atoms with Gasteiger partial charge in [-0.2, -0.15) is 0 Å². The molecule has 0 spiro atoms. The molecule has 1 rings (SSSR count). The van der Waals surface area contributed by atoms with Crippen molar-refractivity contribution in [1.29, 1.82) is 0 Å². The van der Waals surface area contributed by atoms with Gasteiger partial charge < -0.3 is 0 Å². The van der Waals surface area contributed by atoms with E-state index >= 15 is 0 Å². The van der Waals surface area contributed by atoms with E-state index < -0.39 is 0 Å². The van der Waals surface area contributed by atoms with Gasteiger partial charge in [0.1, 0.15) is 0 Å². The first-order valence-electron chi connectivity index (χ1n) is 5.14. The van der Waals surface area contributed by atoms with E-state index in [0.717, 1.165) is 31.6 Å². The molecule has 0 aromatic heterocycles. The van der Waals surface area contributed by atoms with Crippen LogP contribution in [0.4, 0.5) is 0 Å². The van der Waals surface area contributed by atoms with Crippen molar-refractivity contribution in [2.24, 2.45) is 17.8 Å². The number of hydrogen-bond donors (Lipinski definition) is 0. The topological polar surface area (TPSA) is 34.1 Å². The van der Waals surface area contributed by atoms with Gasteiger partial charge in [0, 0.05) is 5.92 Å². The minimum absolute atomic E-state index is 0.0347. The first-order valence-corrected chi connectivity index (χ1v) is 5.14. The Morgan fingerprint density at radius 2 is 1.77 bits per heavy atom. The van der Waals surface area contributed by atoms with Gasteiger partial charge in [0.2, 0.25) is 0 Å². The van der Waals surface area contributed by atoms with Gasteiger partial charge in [-0.1, -0.05) is 13.8 Å². The lowest BCUT2D eigenvalue weighted by atomic mass is 9.76. The standard InChI is InChI=1S/C11H18O2/c1-8(2)9-3-5-10(6-4-9)11(13)7-12/h7-10H,3-6H2,1-2H3. The highest BCUT2D eigenvalue weighted by Gasteiger charge is 2.26. The Morgan fingerprint density at radius 3 is 2.15 bits per heavy atom. The van der Waals surface area contributed by atoms with Crippen LogP contribution in [0.5, 0.6) is 0 Å². The Morgan fingerprint density at radius 1 is 1.23 bits per heavy atom. The van der Waals surface area contributed by atoms with E-state index in [1.165, 1.54) is 0 Å². The summed E-state index contributed by atoms with van der Waals surface area (Å²) in [5.41, 5.74) is 0. The quantitative estimate of drug-likeness (QED) is 0.495. The molecule has 0 aliphatic heterocycles. The van der Waals surface area contributed by atoms with Crippen molar-refractivity contribution in [3.8, 4) is 0 Å². The summed E-state index contributed by atoms with van der Waals surface area (Å²) in [6.07, 6.45) is 4.55. The first-order chi connectivity index (χ1) is 6.15. The highest BCUT2D eigenvalue weighted by Crippen LogP contribution is 2.33. The molecule has 74 valence electrons. The number of carbonyl (C=O) groups is 2. The fourth-order valence-electron chi connectivity index (χ4n) is 2.17. The van der Waals surface area contributed by atoms with Crippen LogP contribution in [0.2, 0.25) is 0 Å². The molecule has 0 unspecified atom stereocenters. The van der Waals surface area contributed by atoms with Crippen molar-refractivity contribution < 1.29 is 9.59 Å². The van der Waals surface area contributed by atoms with Gasteiger partial charge in [0.15, 0.2) is 12.1 Å². The molecule has 0 bridgehead atoms. The lowest BCUT2D eigenvalue weighted by molar-refractivity contribution is -0.133. The summed E-state index contributed by atoms with van der Waals surface area (Å²) < 4.78 is 0. The Labute approximate surface area is 79.7 Å². The predicted molar refractivity (Wildman–Crippen MR) is 51.4 cm³/mol. The van der Waals surface area contributed by atoms with E-state index in [1.807, 2.05) is 0 Å². The molecule has 2 nitrogen and oxygen atoms in total. The third-order valence-corrected chi connectivity index (χ3v) is 3.23. The van der Waals surface area contributed by atoms with Crippen LogP contribution in [0, 0.1) is 17.8 Å². The van der Waals surface area contributed by atoms with Gasteiger partial charge in [-0.15, -0.1) is 0 Å². The molecule has 0 heterocycles. The first kappa shape index (κ1) is 10.4. The molecule has 1 fully saturated rings. The van der Waals surface area contributed by atoms with Crippen molar-refractivity contribution in [3.05, 3.63) is 0 Å². The maximum atomic E-state index is 11.1. The highest BCUT2D eigenvalue weighted by atomic mass is 16.2. The van der Waals surface area contributed by atoms with Gasteiger partial charge in [0.05, 0.1) is 0 Å². The third-order valence-electron chi connectivity index (χ3n) is 3.23. The smallest absolute Gasteiger partial charge is 0.198 e. The van der Waals surface area contributed by atoms with Crippen molar-refractivity contribution in [3.63, 3.8) is 0 Å². The summed E-state index contributed by atoms with van der Waals surface area (Å²) in [4.78, 5) is 21.3. The normalized spacial score (nSPS) is 28.8. The molecule has 2 heteroatoms. The van der Waals surface area contributed by atoms with Crippen LogP contribution < -0.4 is 0 Å². The van der Waals surface area contributed by atoms with E-state index in [0.29, 0.717) is 12.2 Å². The monoisotopic (exact) mass is 182 g/mol. The number of hydrogen-bond acceptors (Lipinski definition) is 2. The molecule has 0 radical (unpaired) electrons. The molecule has 1 aliphatic carbocycles. The van der Waals surface area contributed by atoms with Crippen LogP contribution in [0.1, 0.15) is 39.5 Å². The zero-order valence-electron chi connectivity index (χ0n) is 8.45.